The zero-order chi connectivity index (χ0) is 29.1. The fourth-order valence-electron chi connectivity index (χ4n) is 6.59. The molecule has 2 aromatic heterocycles. The van der Waals surface area contributed by atoms with Gasteiger partial charge in [0.15, 0.2) is 17.7 Å². The van der Waals surface area contributed by atoms with Gasteiger partial charge in [0, 0.05) is 30.8 Å². The van der Waals surface area contributed by atoms with E-state index in [0.717, 1.165) is 37.8 Å². The Hall–Kier alpha value is -2.92. The number of imidazole rings is 1. The maximum Gasteiger partial charge on any atom is 0.167 e. The Morgan fingerprint density at radius 2 is 1.90 bits per heavy atom. The number of fused-ring (bicyclic) bond motifs is 2. The van der Waals surface area contributed by atoms with Gasteiger partial charge in [-0.05, 0) is 68.1 Å². The van der Waals surface area contributed by atoms with Crippen LogP contribution in [-0.4, -0.2) is 77.3 Å². The number of anilines is 1. The number of benzene rings is 1. The molecule has 1 saturated heterocycles. The van der Waals surface area contributed by atoms with Crippen molar-refractivity contribution in [1.29, 1.82) is 0 Å². The van der Waals surface area contributed by atoms with Crippen molar-refractivity contribution in [2.75, 3.05) is 12.3 Å². The maximum absolute atomic E-state index is 10.9. The molecule has 2 unspecified atom stereocenters. The molecule has 10 heteroatoms. The number of aromatic nitrogens is 4. The van der Waals surface area contributed by atoms with E-state index in [4.69, 9.17) is 15.5 Å². The van der Waals surface area contributed by atoms with E-state index in [2.05, 4.69) is 72.7 Å². The van der Waals surface area contributed by atoms with E-state index in [1.807, 2.05) is 0 Å². The van der Waals surface area contributed by atoms with E-state index in [9.17, 15) is 10.2 Å². The Balaban J connectivity index is 1.04. The van der Waals surface area contributed by atoms with Crippen molar-refractivity contribution < 1.29 is 14.9 Å². The first kappa shape index (κ1) is 28.2. The molecule has 0 amide bonds. The predicted octanol–water partition coefficient (Wildman–Crippen LogP) is 3.92. The number of aliphatic hydroxyl groups excluding tert-OH is 2. The lowest BCUT2D eigenvalue weighted by Gasteiger charge is -2.46. The average Bonchev–Trinajstić information content (AvgIpc) is 3.58. The topological polar surface area (TPSA) is 135 Å². The summed E-state index contributed by atoms with van der Waals surface area (Å²) in [5.41, 5.74) is 12.1. The summed E-state index contributed by atoms with van der Waals surface area (Å²) in [5.74, 6) is 0.941. The van der Waals surface area contributed by atoms with Crippen LogP contribution < -0.4 is 5.73 Å². The zero-order valence-corrected chi connectivity index (χ0v) is 24.7. The number of aliphatic imine (C=N–C) groups is 1. The van der Waals surface area contributed by atoms with E-state index >= 15 is 0 Å². The molecule has 1 aromatic carbocycles. The summed E-state index contributed by atoms with van der Waals surface area (Å²) < 4.78 is 7.88. The van der Waals surface area contributed by atoms with Crippen LogP contribution in [0, 0.1) is 5.92 Å². The lowest BCUT2D eigenvalue weighted by atomic mass is 9.75. The molecular formula is C31H43N7O3. The summed E-state index contributed by atoms with van der Waals surface area (Å²) >= 11 is 0. The fraction of sp³-hybridized carbons (Fsp3) is 0.613. The minimum atomic E-state index is -1.10. The molecule has 0 bridgehead atoms. The molecule has 2 fully saturated rings. The molecule has 0 spiro atoms. The molecule has 220 valence electrons. The van der Waals surface area contributed by atoms with Gasteiger partial charge in [0.2, 0.25) is 0 Å². The SMILES string of the molecule is CC(C)N(C[C@H]1O[C@@H](n2cnc3c(N)ncnc32)C(O)C1O)C1CC(CCC2=Nc3cc(C(C)(C)C)ccc3C2)C1. The van der Waals surface area contributed by atoms with E-state index in [1.54, 1.807) is 4.57 Å². The number of hydrogen-bond acceptors (Lipinski definition) is 9. The van der Waals surface area contributed by atoms with E-state index in [0.29, 0.717) is 35.7 Å². The van der Waals surface area contributed by atoms with Gasteiger partial charge < -0.3 is 20.7 Å². The Bertz CT molecular complexity index is 1440. The molecule has 4 heterocycles. The molecule has 2 aliphatic heterocycles. The normalized spacial score (nSPS) is 28.0. The summed E-state index contributed by atoms with van der Waals surface area (Å²) in [6, 6.07) is 7.50. The Morgan fingerprint density at radius 1 is 1.12 bits per heavy atom. The van der Waals surface area contributed by atoms with Crippen LogP contribution in [0.2, 0.25) is 0 Å². The first-order chi connectivity index (χ1) is 19.5. The van der Waals surface area contributed by atoms with Crippen LogP contribution >= 0.6 is 0 Å². The van der Waals surface area contributed by atoms with Gasteiger partial charge in [-0.15, -0.1) is 0 Å². The van der Waals surface area contributed by atoms with Crippen LogP contribution in [0.15, 0.2) is 35.8 Å². The largest absolute Gasteiger partial charge is 0.387 e. The van der Waals surface area contributed by atoms with Crippen molar-refractivity contribution in [3.63, 3.8) is 0 Å². The Labute approximate surface area is 241 Å². The van der Waals surface area contributed by atoms with Gasteiger partial charge in [0.1, 0.15) is 30.2 Å². The van der Waals surface area contributed by atoms with Crippen molar-refractivity contribution in [2.24, 2.45) is 10.9 Å². The summed E-state index contributed by atoms with van der Waals surface area (Å²) in [6.07, 6.45) is 4.87. The average molecular weight is 562 g/mol. The number of nitrogens with zero attached hydrogens (tertiary/aromatic N) is 6. The summed E-state index contributed by atoms with van der Waals surface area (Å²) in [6.45, 7) is 11.6. The number of hydrogen-bond donors (Lipinski definition) is 3. The quantitative estimate of drug-likeness (QED) is 0.377. The molecule has 10 nitrogen and oxygen atoms in total. The van der Waals surface area contributed by atoms with Crippen molar-refractivity contribution in [3.05, 3.63) is 42.0 Å². The number of nitrogen functional groups attached to an aromatic ring is 1. The van der Waals surface area contributed by atoms with Gasteiger partial charge in [0.05, 0.1) is 12.0 Å². The van der Waals surface area contributed by atoms with E-state index in [1.165, 1.54) is 29.5 Å². The number of aliphatic hydroxyl groups is 2. The molecule has 0 radical (unpaired) electrons. The predicted molar refractivity (Wildman–Crippen MR) is 159 cm³/mol. The molecule has 3 aromatic rings. The van der Waals surface area contributed by atoms with Crippen LogP contribution in [0.3, 0.4) is 0 Å². The van der Waals surface area contributed by atoms with Gasteiger partial charge in [-0.25, -0.2) is 15.0 Å². The second-order valence-corrected chi connectivity index (χ2v) is 13.4. The highest BCUT2D eigenvalue weighted by molar-refractivity contribution is 5.94. The standard InChI is InChI=1S/C31H43N7O3/c1-17(2)37(14-24-26(39)27(40)30(41-24)38-16-35-25-28(32)33-15-34-29(25)38)22-10-18(11-22)6-9-21-12-19-7-8-20(31(3,4)5)13-23(19)36-21/h7-8,13,15-18,22,24,26-27,30,39-40H,6,9-12,14H2,1-5H3,(H2,32,33,34)/t18?,22?,24-,26?,27?,30-/m1/s1. The van der Waals surface area contributed by atoms with Crippen LogP contribution in [0.5, 0.6) is 0 Å². The smallest absolute Gasteiger partial charge is 0.167 e. The molecule has 3 aliphatic rings. The molecule has 4 N–H and O–H groups in total. The highest BCUT2D eigenvalue weighted by atomic mass is 16.6. The van der Waals surface area contributed by atoms with Crippen molar-refractivity contribution in [3.8, 4) is 0 Å². The maximum atomic E-state index is 10.9. The van der Waals surface area contributed by atoms with Gasteiger partial charge >= 0.3 is 0 Å². The lowest BCUT2D eigenvalue weighted by Crippen LogP contribution is -2.52. The second-order valence-electron chi connectivity index (χ2n) is 13.4. The monoisotopic (exact) mass is 561 g/mol. The van der Waals surface area contributed by atoms with Gasteiger partial charge in [0.25, 0.3) is 0 Å². The number of nitrogens with two attached hydrogens (primary N) is 1. The molecular weight excluding hydrogens is 518 g/mol. The van der Waals surface area contributed by atoms with Gasteiger partial charge in [-0.1, -0.05) is 32.9 Å². The minimum Gasteiger partial charge on any atom is -0.387 e. The van der Waals surface area contributed by atoms with Crippen LogP contribution in [0.4, 0.5) is 11.5 Å². The van der Waals surface area contributed by atoms with Gasteiger partial charge in [-0.3, -0.25) is 14.5 Å². The fourth-order valence-corrected chi connectivity index (χ4v) is 6.59. The minimum absolute atomic E-state index is 0.131. The third kappa shape index (κ3) is 5.38. The van der Waals surface area contributed by atoms with E-state index in [-0.39, 0.29) is 11.2 Å². The summed E-state index contributed by atoms with van der Waals surface area (Å²) in [7, 11) is 0. The second kappa shape index (κ2) is 10.7. The third-order valence-corrected chi connectivity index (χ3v) is 9.20. The summed E-state index contributed by atoms with van der Waals surface area (Å²) in [4.78, 5) is 19.9. The third-order valence-electron chi connectivity index (χ3n) is 9.20. The van der Waals surface area contributed by atoms with E-state index < -0.39 is 24.5 Å². The first-order valence-corrected chi connectivity index (χ1v) is 14.9. The lowest BCUT2D eigenvalue weighted by molar-refractivity contribution is -0.0619. The van der Waals surface area contributed by atoms with Crippen molar-refractivity contribution in [2.45, 2.75) is 109 Å². The molecule has 1 saturated carbocycles. The molecule has 6 rings (SSSR count). The first-order valence-electron chi connectivity index (χ1n) is 14.9. The summed E-state index contributed by atoms with van der Waals surface area (Å²) in [5, 5.41) is 21.8. The van der Waals surface area contributed by atoms with Crippen LogP contribution in [0.25, 0.3) is 11.2 Å². The number of ether oxygens (including phenoxy) is 1. The van der Waals surface area contributed by atoms with Crippen LogP contribution in [0.1, 0.15) is 77.7 Å². The van der Waals surface area contributed by atoms with Crippen molar-refractivity contribution in [1.82, 2.24) is 24.4 Å². The Morgan fingerprint density at radius 3 is 2.63 bits per heavy atom. The molecule has 1 aliphatic carbocycles. The van der Waals surface area contributed by atoms with Crippen LogP contribution in [-0.2, 0) is 16.6 Å². The molecule has 4 atom stereocenters. The number of rotatable bonds is 8. The zero-order valence-electron chi connectivity index (χ0n) is 24.7. The molecule has 41 heavy (non-hydrogen) atoms. The van der Waals surface area contributed by atoms with Crippen molar-refractivity contribution >= 4 is 28.4 Å². The highest BCUT2D eigenvalue weighted by Gasteiger charge is 2.46. The highest BCUT2D eigenvalue weighted by Crippen LogP contribution is 2.40. The Kier molecular flexibility index (Phi) is 7.38. The van der Waals surface area contributed by atoms with Gasteiger partial charge in [-0.2, -0.15) is 0 Å².